The first-order valence-corrected chi connectivity index (χ1v) is 4.74. The van der Waals surface area contributed by atoms with Gasteiger partial charge in [0.15, 0.2) is 0 Å². The van der Waals surface area contributed by atoms with Gasteiger partial charge in [0.25, 0.3) is 0 Å². The second-order valence-electron chi connectivity index (χ2n) is 3.02. The summed E-state index contributed by atoms with van der Waals surface area (Å²) in [7, 11) is 0. The maximum Gasteiger partial charge on any atom is 0.128 e. The fraction of sp³-hybridized carbons (Fsp3) is 0.182. The molecule has 0 fully saturated rings. The molecule has 0 radical (unpaired) electrons. The van der Waals surface area contributed by atoms with Crippen molar-refractivity contribution < 1.29 is 0 Å². The van der Waals surface area contributed by atoms with Gasteiger partial charge >= 0.3 is 0 Å². The zero-order valence-corrected chi connectivity index (χ0v) is 8.14. The summed E-state index contributed by atoms with van der Waals surface area (Å²) >= 11 is 0. The molecule has 0 saturated heterocycles. The zero-order valence-electron chi connectivity index (χ0n) is 8.14. The summed E-state index contributed by atoms with van der Waals surface area (Å²) in [4.78, 5) is 0. The summed E-state index contributed by atoms with van der Waals surface area (Å²) in [5.41, 5.74) is 1.09. The van der Waals surface area contributed by atoms with Crippen molar-refractivity contribution in [2.45, 2.75) is 13.5 Å². The standard InChI is InChI=1S/C11H13N3/c1-2-14-11(8-9-12-14)13-10-6-4-3-5-7-10/h3-9,13H,2H2,1H3. The molecule has 0 spiro atoms. The van der Waals surface area contributed by atoms with Gasteiger partial charge in [-0.25, -0.2) is 4.68 Å². The van der Waals surface area contributed by atoms with Gasteiger partial charge in [-0.05, 0) is 19.1 Å². The second kappa shape index (κ2) is 3.96. The molecule has 14 heavy (non-hydrogen) atoms. The highest BCUT2D eigenvalue weighted by Crippen LogP contribution is 2.14. The van der Waals surface area contributed by atoms with Gasteiger partial charge in [-0.1, -0.05) is 18.2 Å². The van der Waals surface area contributed by atoms with Gasteiger partial charge in [-0.15, -0.1) is 0 Å². The van der Waals surface area contributed by atoms with Gasteiger partial charge < -0.3 is 5.32 Å². The van der Waals surface area contributed by atoms with E-state index in [-0.39, 0.29) is 0 Å². The normalized spacial score (nSPS) is 10.1. The minimum absolute atomic E-state index is 0.877. The number of aromatic nitrogens is 2. The first-order chi connectivity index (χ1) is 6.90. The molecule has 0 aliphatic carbocycles. The Labute approximate surface area is 83.4 Å². The van der Waals surface area contributed by atoms with Gasteiger partial charge in [0.2, 0.25) is 0 Å². The quantitative estimate of drug-likeness (QED) is 0.800. The van der Waals surface area contributed by atoms with E-state index < -0.39 is 0 Å². The predicted octanol–water partition coefficient (Wildman–Crippen LogP) is 2.65. The van der Waals surface area contributed by atoms with E-state index in [1.54, 1.807) is 6.20 Å². The molecule has 1 aromatic carbocycles. The van der Waals surface area contributed by atoms with Crippen LogP contribution in [-0.2, 0) is 6.54 Å². The summed E-state index contributed by atoms with van der Waals surface area (Å²) in [6, 6.07) is 12.1. The monoisotopic (exact) mass is 187 g/mol. The average Bonchev–Trinajstić information content (AvgIpc) is 2.67. The van der Waals surface area contributed by atoms with E-state index in [4.69, 9.17) is 0 Å². The third-order valence-corrected chi connectivity index (χ3v) is 2.06. The molecular formula is C11H13N3. The van der Waals surface area contributed by atoms with Gasteiger partial charge in [0, 0.05) is 18.3 Å². The maximum absolute atomic E-state index is 4.19. The first kappa shape index (κ1) is 8.81. The summed E-state index contributed by atoms with van der Waals surface area (Å²) in [5, 5.41) is 7.49. The molecule has 3 heteroatoms. The van der Waals surface area contributed by atoms with Crippen LogP contribution < -0.4 is 5.32 Å². The average molecular weight is 187 g/mol. The van der Waals surface area contributed by atoms with Crippen LogP contribution in [0.4, 0.5) is 11.5 Å². The predicted molar refractivity (Wildman–Crippen MR) is 57.6 cm³/mol. The number of aryl methyl sites for hydroxylation is 1. The Kier molecular flexibility index (Phi) is 2.49. The highest BCUT2D eigenvalue weighted by atomic mass is 15.3. The molecule has 0 saturated carbocycles. The van der Waals surface area contributed by atoms with Crippen molar-refractivity contribution in [2.75, 3.05) is 5.32 Å². The molecule has 1 heterocycles. The molecule has 0 bridgehead atoms. The number of anilines is 2. The highest BCUT2D eigenvalue weighted by Gasteiger charge is 1.99. The molecule has 0 unspecified atom stereocenters. The van der Waals surface area contributed by atoms with Crippen molar-refractivity contribution in [3.63, 3.8) is 0 Å². The fourth-order valence-electron chi connectivity index (χ4n) is 1.36. The number of hydrogen-bond acceptors (Lipinski definition) is 2. The van der Waals surface area contributed by atoms with Crippen LogP contribution in [0.1, 0.15) is 6.92 Å². The zero-order chi connectivity index (χ0) is 9.80. The number of benzene rings is 1. The van der Waals surface area contributed by atoms with E-state index >= 15 is 0 Å². The van der Waals surface area contributed by atoms with Crippen molar-refractivity contribution in [1.82, 2.24) is 9.78 Å². The van der Waals surface area contributed by atoms with Crippen LogP contribution in [0.25, 0.3) is 0 Å². The van der Waals surface area contributed by atoms with Crippen LogP contribution in [0.15, 0.2) is 42.6 Å². The SMILES string of the molecule is CCn1nccc1Nc1ccccc1. The van der Waals surface area contributed by atoms with Crippen molar-refractivity contribution in [3.05, 3.63) is 42.6 Å². The molecule has 72 valence electrons. The van der Waals surface area contributed by atoms with E-state index in [1.807, 2.05) is 41.1 Å². The highest BCUT2D eigenvalue weighted by molar-refractivity contribution is 5.55. The lowest BCUT2D eigenvalue weighted by Gasteiger charge is -2.07. The Morgan fingerprint density at radius 1 is 1.21 bits per heavy atom. The molecule has 0 amide bonds. The largest absolute Gasteiger partial charge is 0.340 e. The minimum Gasteiger partial charge on any atom is -0.340 e. The van der Waals surface area contributed by atoms with Crippen LogP contribution in [0, 0.1) is 0 Å². The summed E-state index contributed by atoms with van der Waals surface area (Å²) in [6.45, 7) is 2.95. The van der Waals surface area contributed by atoms with E-state index in [0.29, 0.717) is 0 Å². The van der Waals surface area contributed by atoms with Crippen LogP contribution in [-0.4, -0.2) is 9.78 Å². The molecule has 0 aliphatic rings. The summed E-state index contributed by atoms with van der Waals surface area (Å²) in [5.74, 6) is 1.03. The number of hydrogen-bond donors (Lipinski definition) is 1. The van der Waals surface area contributed by atoms with E-state index in [9.17, 15) is 0 Å². The van der Waals surface area contributed by atoms with Crippen LogP contribution in [0.2, 0.25) is 0 Å². The van der Waals surface area contributed by atoms with Gasteiger partial charge in [-0.3, -0.25) is 0 Å². The van der Waals surface area contributed by atoms with Crippen molar-refractivity contribution in [2.24, 2.45) is 0 Å². The van der Waals surface area contributed by atoms with Crippen molar-refractivity contribution >= 4 is 11.5 Å². The number of rotatable bonds is 3. The molecule has 0 aliphatic heterocycles. The van der Waals surface area contributed by atoms with E-state index in [0.717, 1.165) is 18.1 Å². The topological polar surface area (TPSA) is 29.9 Å². The first-order valence-electron chi connectivity index (χ1n) is 4.74. The Morgan fingerprint density at radius 2 is 2.00 bits per heavy atom. The fourth-order valence-corrected chi connectivity index (χ4v) is 1.36. The second-order valence-corrected chi connectivity index (χ2v) is 3.02. The van der Waals surface area contributed by atoms with Gasteiger partial charge in [0.05, 0.1) is 6.20 Å². The molecule has 2 aromatic rings. The van der Waals surface area contributed by atoms with Crippen LogP contribution in [0.3, 0.4) is 0 Å². The Hall–Kier alpha value is -1.77. The van der Waals surface area contributed by atoms with Gasteiger partial charge in [0.1, 0.15) is 5.82 Å². The Bertz CT molecular complexity index is 392. The molecule has 0 atom stereocenters. The Morgan fingerprint density at radius 3 is 2.71 bits per heavy atom. The summed E-state index contributed by atoms with van der Waals surface area (Å²) in [6.07, 6.45) is 1.80. The molecule has 1 N–H and O–H groups in total. The maximum atomic E-state index is 4.19. The molecule has 1 aromatic heterocycles. The number of para-hydroxylation sites is 1. The summed E-state index contributed by atoms with van der Waals surface area (Å²) < 4.78 is 1.92. The molecule has 3 nitrogen and oxygen atoms in total. The lowest BCUT2D eigenvalue weighted by Crippen LogP contribution is -2.02. The Balaban J connectivity index is 2.19. The van der Waals surface area contributed by atoms with Gasteiger partial charge in [-0.2, -0.15) is 5.10 Å². The minimum atomic E-state index is 0.877. The smallest absolute Gasteiger partial charge is 0.128 e. The van der Waals surface area contributed by atoms with Crippen LogP contribution >= 0.6 is 0 Å². The lowest BCUT2D eigenvalue weighted by molar-refractivity contribution is 0.668. The van der Waals surface area contributed by atoms with E-state index in [1.165, 1.54) is 0 Å². The number of nitrogens with one attached hydrogen (secondary N) is 1. The van der Waals surface area contributed by atoms with Crippen molar-refractivity contribution in [1.29, 1.82) is 0 Å². The number of nitrogens with zero attached hydrogens (tertiary/aromatic N) is 2. The lowest BCUT2D eigenvalue weighted by atomic mass is 10.3. The van der Waals surface area contributed by atoms with Crippen molar-refractivity contribution in [3.8, 4) is 0 Å². The van der Waals surface area contributed by atoms with E-state index in [2.05, 4.69) is 17.3 Å². The molecular weight excluding hydrogens is 174 g/mol. The molecule has 2 rings (SSSR count). The third-order valence-electron chi connectivity index (χ3n) is 2.06. The van der Waals surface area contributed by atoms with Crippen LogP contribution in [0.5, 0.6) is 0 Å². The third kappa shape index (κ3) is 1.76.